The number of urea groups is 1. The number of rotatable bonds is 2. The molecule has 5 heteroatoms. The number of aliphatic carboxylic acids is 1. The lowest BCUT2D eigenvalue weighted by molar-refractivity contribution is -0.146. The number of amides is 2. The van der Waals surface area contributed by atoms with Gasteiger partial charge in [-0.05, 0) is 38.5 Å². The predicted molar refractivity (Wildman–Crippen MR) is 81.2 cm³/mol. The smallest absolute Gasteiger partial charge is 0.329 e. The number of carbonyl (C=O) groups is 2. The summed E-state index contributed by atoms with van der Waals surface area (Å²) in [6.45, 7) is 4.86. The molecule has 1 saturated carbocycles. The Bertz CT molecular complexity index is 399. The van der Waals surface area contributed by atoms with Crippen molar-refractivity contribution in [1.29, 1.82) is 0 Å². The van der Waals surface area contributed by atoms with Gasteiger partial charge in [-0.1, -0.05) is 32.6 Å². The molecule has 0 spiro atoms. The Morgan fingerprint density at radius 2 is 1.90 bits per heavy atom. The molecule has 21 heavy (non-hydrogen) atoms. The van der Waals surface area contributed by atoms with Gasteiger partial charge in [0.05, 0.1) is 0 Å². The fraction of sp³-hybridized carbons (Fsp3) is 0.875. The van der Waals surface area contributed by atoms with Crippen LogP contribution < -0.4 is 5.32 Å². The summed E-state index contributed by atoms with van der Waals surface area (Å²) < 4.78 is 0. The van der Waals surface area contributed by atoms with Gasteiger partial charge in [0.15, 0.2) is 0 Å². The molecule has 1 saturated heterocycles. The van der Waals surface area contributed by atoms with Crippen molar-refractivity contribution < 1.29 is 14.7 Å². The van der Waals surface area contributed by atoms with Crippen molar-refractivity contribution in [3.63, 3.8) is 0 Å². The maximum absolute atomic E-state index is 12.6. The number of nitrogens with one attached hydrogen (secondary N) is 1. The molecule has 2 aliphatic rings. The fourth-order valence-corrected chi connectivity index (χ4v) is 3.77. The van der Waals surface area contributed by atoms with E-state index in [9.17, 15) is 14.7 Å². The Hall–Kier alpha value is -1.26. The molecule has 2 fully saturated rings. The molecule has 2 rings (SSSR count). The summed E-state index contributed by atoms with van der Waals surface area (Å²) in [5.41, 5.74) is -1.07. The molecular formula is C16H28N2O3. The second-order valence-electron chi connectivity index (χ2n) is 6.91. The summed E-state index contributed by atoms with van der Waals surface area (Å²) in [6, 6.07) is 0.000240. The van der Waals surface area contributed by atoms with Crippen molar-refractivity contribution in [2.24, 2.45) is 5.92 Å². The zero-order chi connectivity index (χ0) is 15.5. The van der Waals surface area contributed by atoms with E-state index in [-0.39, 0.29) is 12.1 Å². The highest BCUT2D eigenvalue weighted by Gasteiger charge is 2.44. The van der Waals surface area contributed by atoms with Crippen LogP contribution in [0.3, 0.4) is 0 Å². The van der Waals surface area contributed by atoms with E-state index in [0.717, 1.165) is 45.1 Å². The summed E-state index contributed by atoms with van der Waals surface area (Å²) in [5, 5.41) is 12.5. The first-order valence-electron chi connectivity index (χ1n) is 8.27. The minimum atomic E-state index is -1.07. The molecule has 1 aliphatic heterocycles. The highest BCUT2D eigenvalue weighted by Crippen LogP contribution is 2.33. The van der Waals surface area contributed by atoms with Crippen molar-refractivity contribution in [2.45, 2.75) is 76.8 Å². The van der Waals surface area contributed by atoms with E-state index in [0.29, 0.717) is 18.8 Å². The van der Waals surface area contributed by atoms with Gasteiger partial charge in [-0.25, -0.2) is 9.59 Å². The van der Waals surface area contributed by atoms with Crippen molar-refractivity contribution in [2.75, 3.05) is 6.54 Å². The van der Waals surface area contributed by atoms with E-state index in [4.69, 9.17) is 0 Å². The second-order valence-corrected chi connectivity index (χ2v) is 6.91. The van der Waals surface area contributed by atoms with Gasteiger partial charge in [-0.2, -0.15) is 0 Å². The van der Waals surface area contributed by atoms with Gasteiger partial charge in [-0.3, -0.25) is 0 Å². The molecule has 3 atom stereocenters. The lowest BCUT2D eigenvalue weighted by atomic mass is 9.76. The van der Waals surface area contributed by atoms with E-state index in [2.05, 4.69) is 19.2 Å². The van der Waals surface area contributed by atoms with Gasteiger partial charge < -0.3 is 15.3 Å². The van der Waals surface area contributed by atoms with Crippen LogP contribution in [0.15, 0.2) is 0 Å². The Morgan fingerprint density at radius 1 is 1.14 bits per heavy atom. The van der Waals surface area contributed by atoms with Gasteiger partial charge in [0.25, 0.3) is 0 Å². The standard InChI is InChI=1S/C16H28N2O3/c1-12-7-6-9-16(11-12,14(19)20)17-15(21)18-10-5-3-4-8-13(18)2/h12-13H,3-11H2,1-2H3,(H,17,21)(H,19,20). The predicted octanol–water partition coefficient (Wildman–Crippen LogP) is 2.99. The van der Waals surface area contributed by atoms with Gasteiger partial charge in [0.2, 0.25) is 0 Å². The highest BCUT2D eigenvalue weighted by molar-refractivity contribution is 5.86. The molecule has 3 unspecified atom stereocenters. The normalized spacial score (nSPS) is 34.1. The van der Waals surface area contributed by atoms with Crippen LogP contribution in [0.2, 0.25) is 0 Å². The summed E-state index contributed by atoms with van der Waals surface area (Å²) >= 11 is 0. The zero-order valence-electron chi connectivity index (χ0n) is 13.2. The van der Waals surface area contributed by atoms with Crippen molar-refractivity contribution >= 4 is 12.0 Å². The van der Waals surface area contributed by atoms with Crippen LogP contribution in [0.4, 0.5) is 4.79 Å². The quantitative estimate of drug-likeness (QED) is 0.823. The number of nitrogens with zero attached hydrogens (tertiary/aromatic N) is 1. The summed E-state index contributed by atoms with van der Waals surface area (Å²) in [4.78, 5) is 26.2. The third-order valence-corrected chi connectivity index (χ3v) is 5.07. The summed E-state index contributed by atoms with van der Waals surface area (Å²) in [6.07, 6.45) is 7.30. The Labute approximate surface area is 127 Å². The van der Waals surface area contributed by atoms with Gasteiger partial charge in [-0.15, -0.1) is 0 Å². The molecule has 2 N–H and O–H groups in total. The Morgan fingerprint density at radius 3 is 2.57 bits per heavy atom. The van der Waals surface area contributed by atoms with Crippen LogP contribution >= 0.6 is 0 Å². The fourth-order valence-electron chi connectivity index (χ4n) is 3.77. The van der Waals surface area contributed by atoms with Crippen LogP contribution in [0.1, 0.15) is 65.2 Å². The topological polar surface area (TPSA) is 69.6 Å². The Balaban J connectivity index is 2.09. The number of carboxylic acid groups (broad SMARTS) is 1. The van der Waals surface area contributed by atoms with Gasteiger partial charge in [0, 0.05) is 12.6 Å². The van der Waals surface area contributed by atoms with Gasteiger partial charge >= 0.3 is 12.0 Å². The highest BCUT2D eigenvalue weighted by atomic mass is 16.4. The maximum Gasteiger partial charge on any atom is 0.329 e. The summed E-state index contributed by atoms with van der Waals surface area (Å²) in [5.74, 6) is -0.540. The second kappa shape index (κ2) is 6.67. The molecule has 0 radical (unpaired) electrons. The minimum absolute atomic E-state index is 0.194. The Kier molecular flexibility index (Phi) is 5.12. The summed E-state index contributed by atoms with van der Waals surface area (Å²) in [7, 11) is 0. The molecule has 0 aromatic heterocycles. The van der Waals surface area contributed by atoms with E-state index in [1.165, 1.54) is 0 Å². The van der Waals surface area contributed by atoms with Crippen molar-refractivity contribution in [1.82, 2.24) is 10.2 Å². The first-order valence-corrected chi connectivity index (χ1v) is 8.27. The third-order valence-electron chi connectivity index (χ3n) is 5.07. The molecule has 120 valence electrons. The van der Waals surface area contributed by atoms with E-state index < -0.39 is 11.5 Å². The van der Waals surface area contributed by atoms with E-state index in [1.54, 1.807) is 0 Å². The molecule has 0 aromatic carbocycles. The number of hydrogen-bond donors (Lipinski definition) is 2. The SMILES string of the molecule is CC1CCCC(NC(=O)N2CCCCCC2C)(C(=O)O)C1. The first kappa shape index (κ1) is 16.1. The number of carbonyl (C=O) groups excluding carboxylic acids is 1. The van der Waals surface area contributed by atoms with Crippen LogP contribution in [-0.2, 0) is 4.79 Å². The average Bonchev–Trinajstić information content (AvgIpc) is 2.63. The van der Waals surface area contributed by atoms with Crippen LogP contribution in [-0.4, -0.2) is 40.1 Å². The minimum Gasteiger partial charge on any atom is -0.480 e. The molecular weight excluding hydrogens is 268 g/mol. The van der Waals surface area contributed by atoms with Crippen molar-refractivity contribution in [3.05, 3.63) is 0 Å². The zero-order valence-corrected chi connectivity index (χ0v) is 13.2. The molecule has 0 aromatic rings. The van der Waals surface area contributed by atoms with Crippen LogP contribution in [0.25, 0.3) is 0 Å². The lowest BCUT2D eigenvalue weighted by Gasteiger charge is -2.39. The van der Waals surface area contributed by atoms with Crippen LogP contribution in [0, 0.1) is 5.92 Å². The number of carboxylic acids is 1. The molecule has 1 heterocycles. The number of likely N-dealkylation sites (tertiary alicyclic amines) is 1. The lowest BCUT2D eigenvalue weighted by Crippen LogP contribution is -2.60. The first-order chi connectivity index (χ1) is 9.94. The third kappa shape index (κ3) is 3.69. The largest absolute Gasteiger partial charge is 0.480 e. The molecule has 5 nitrogen and oxygen atoms in total. The van der Waals surface area contributed by atoms with Crippen LogP contribution in [0.5, 0.6) is 0 Å². The van der Waals surface area contributed by atoms with Crippen molar-refractivity contribution in [3.8, 4) is 0 Å². The molecule has 2 amide bonds. The average molecular weight is 296 g/mol. The number of hydrogen-bond acceptors (Lipinski definition) is 2. The molecule has 0 bridgehead atoms. The van der Waals surface area contributed by atoms with E-state index in [1.807, 2.05) is 4.90 Å². The van der Waals surface area contributed by atoms with Gasteiger partial charge in [0.1, 0.15) is 5.54 Å². The maximum atomic E-state index is 12.6. The molecule has 1 aliphatic carbocycles. The van der Waals surface area contributed by atoms with E-state index >= 15 is 0 Å². The monoisotopic (exact) mass is 296 g/mol.